The highest BCUT2D eigenvalue weighted by atomic mass is 16.6. The molecule has 18 heteroatoms. The second-order valence-electron chi connectivity index (χ2n) is 9.75. The van der Waals surface area contributed by atoms with Crippen LogP contribution in [0.3, 0.4) is 0 Å². The summed E-state index contributed by atoms with van der Waals surface area (Å²) in [5.74, 6) is -7.52. The fraction of sp³-hybridized carbons (Fsp3) is 0.393. The minimum atomic E-state index is -1.32. The molecule has 18 nitrogen and oxygen atoms in total. The first-order valence-corrected chi connectivity index (χ1v) is 13.8. The van der Waals surface area contributed by atoms with Crippen LogP contribution >= 0.6 is 0 Å². The summed E-state index contributed by atoms with van der Waals surface area (Å²) in [6.07, 6.45) is 3.51. The molecule has 2 aromatic rings. The summed E-state index contributed by atoms with van der Waals surface area (Å²) in [5.41, 5.74) is 2.43. The van der Waals surface area contributed by atoms with Crippen molar-refractivity contribution in [1.29, 1.82) is 0 Å². The Balaban J connectivity index is 1.65. The molecule has 0 aliphatic carbocycles. The smallest absolute Gasteiger partial charge is 0.329 e. The van der Waals surface area contributed by atoms with Crippen LogP contribution in [0.15, 0.2) is 36.8 Å². The number of hydrogen-bond donors (Lipinski definition) is 4. The lowest BCUT2D eigenvalue weighted by atomic mass is 10.0. The summed E-state index contributed by atoms with van der Waals surface area (Å²) >= 11 is 0. The molecule has 246 valence electrons. The Labute approximate surface area is 261 Å². The van der Waals surface area contributed by atoms with Crippen LogP contribution < -0.4 is 21.3 Å². The third-order valence-electron chi connectivity index (χ3n) is 5.94. The number of ether oxygens (including phenoxy) is 4. The summed E-state index contributed by atoms with van der Waals surface area (Å²) in [5, 5.41) is 8.76. The Bertz CT molecular complexity index is 1450. The quantitative estimate of drug-likeness (QED) is 0.190. The second kappa shape index (κ2) is 17.5. The predicted octanol–water partition coefficient (Wildman–Crippen LogP) is -3.20. The third kappa shape index (κ3) is 12.8. The SMILES string of the molecule is Cc1cn(Cc2ccc(CC3NC(=O)COC(=O)CNC(=O)COC(=O)CNC(=O)COC(=O)CNC(=O)COC3=O)cc2)cn1. The van der Waals surface area contributed by atoms with Gasteiger partial charge in [-0.3, -0.25) is 33.6 Å². The molecule has 1 fully saturated rings. The fourth-order valence-corrected chi connectivity index (χ4v) is 3.71. The standard InChI is InChI=1S/C28H32N6O12/c1-17-10-34(16-32-17)11-19-4-2-18(3-5-19)6-20-28(42)46-14-23(37)31-8-26(40)44-12-21(35)29-7-25(39)43-13-22(36)30-9-27(41)45-15-24(38)33-20/h2-5,10,16,20H,6-9,11-15H2,1H3,(H,29,35)(H,30,36)(H,31,37)(H,33,38). The van der Waals surface area contributed by atoms with Gasteiger partial charge in [-0.15, -0.1) is 0 Å². The number of rotatable bonds is 4. The Hall–Kier alpha value is -5.81. The van der Waals surface area contributed by atoms with Gasteiger partial charge >= 0.3 is 23.9 Å². The number of aromatic nitrogens is 2. The van der Waals surface area contributed by atoms with Crippen molar-refractivity contribution in [2.45, 2.75) is 25.9 Å². The summed E-state index contributed by atoms with van der Waals surface area (Å²) in [6, 6.07) is 5.81. The Morgan fingerprint density at radius 3 is 1.61 bits per heavy atom. The van der Waals surface area contributed by atoms with E-state index >= 15 is 0 Å². The highest BCUT2D eigenvalue weighted by Gasteiger charge is 2.25. The molecule has 0 radical (unpaired) electrons. The molecule has 1 unspecified atom stereocenters. The van der Waals surface area contributed by atoms with E-state index in [-0.39, 0.29) is 6.42 Å². The maximum atomic E-state index is 12.9. The molecule has 0 bridgehead atoms. The number of benzene rings is 1. The Kier molecular flexibility index (Phi) is 13.2. The van der Waals surface area contributed by atoms with Gasteiger partial charge in [0.05, 0.1) is 12.0 Å². The van der Waals surface area contributed by atoms with E-state index in [0.717, 1.165) is 11.3 Å². The number of hydrogen-bond acceptors (Lipinski definition) is 13. The second-order valence-corrected chi connectivity index (χ2v) is 9.75. The van der Waals surface area contributed by atoms with Crippen LogP contribution in [-0.4, -0.2) is 109 Å². The zero-order chi connectivity index (χ0) is 33.5. The predicted molar refractivity (Wildman–Crippen MR) is 151 cm³/mol. The Morgan fingerprint density at radius 1 is 0.674 bits per heavy atom. The van der Waals surface area contributed by atoms with Crippen molar-refractivity contribution >= 4 is 47.5 Å². The van der Waals surface area contributed by atoms with Gasteiger partial charge in [-0.05, 0) is 18.1 Å². The molecule has 1 aromatic heterocycles. The average Bonchev–Trinajstić information content (AvgIpc) is 3.45. The van der Waals surface area contributed by atoms with Gasteiger partial charge in [0.15, 0.2) is 26.4 Å². The topological polar surface area (TPSA) is 239 Å². The van der Waals surface area contributed by atoms with Gasteiger partial charge in [0.1, 0.15) is 25.7 Å². The first-order chi connectivity index (χ1) is 22.0. The van der Waals surface area contributed by atoms with Gasteiger partial charge in [-0.1, -0.05) is 24.3 Å². The molecule has 1 atom stereocenters. The number of carbonyl (C=O) groups excluding carboxylic acids is 8. The summed E-state index contributed by atoms with van der Waals surface area (Å²) < 4.78 is 21.1. The molecule has 1 aliphatic heterocycles. The van der Waals surface area contributed by atoms with Crippen LogP contribution in [0.1, 0.15) is 16.8 Å². The molecular weight excluding hydrogens is 612 g/mol. The summed E-state index contributed by atoms with van der Waals surface area (Å²) in [7, 11) is 0. The molecule has 1 aliphatic rings. The van der Waals surface area contributed by atoms with Crippen LogP contribution in [0, 0.1) is 6.92 Å². The first-order valence-electron chi connectivity index (χ1n) is 13.8. The van der Waals surface area contributed by atoms with Crippen molar-refractivity contribution in [3.05, 3.63) is 53.6 Å². The van der Waals surface area contributed by atoms with Crippen LogP contribution in [0.5, 0.6) is 0 Å². The minimum Gasteiger partial charge on any atom is -0.454 e. The monoisotopic (exact) mass is 644 g/mol. The van der Waals surface area contributed by atoms with Gasteiger partial charge in [0.25, 0.3) is 23.6 Å². The summed E-state index contributed by atoms with van der Waals surface area (Å²) in [4.78, 5) is 101. The highest BCUT2D eigenvalue weighted by molar-refractivity contribution is 5.90. The van der Waals surface area contributed by atoms with E-state index in [4.69, 9.17) is 9.47 Å². The van der Waals surface area contributed by atoms with Gasteiger partial charge in [0, 0.05) is 19.2 Å². The lowest BCUT2D eigenvalue weighted by Crippen LogP contribution is -2.46. The van der Waals surface area contributed by atoms with Crippen LogP contribution in [0.25, 0.3) is 0 Å². The fourth-order valence-electron chi connectivity index (χ4n) is 3.71. The first kappa shape index (κ1) is 34.7. The van der Waals surface area contributed by atoms with E-state index in [1.807, 2.05) is 29.8 Å². The average molecular weight is 645 g/mol. The van der Waals surface area contributed by atoms with Gasteiger partial charge < -0.3 is 44.8 Å². The zero-order valence-electron chi connectivity index (χ0n) is 24.7. The molecule has 0 spiro atoms. The van der Waals surface area contributed by atoms with E-state index in [1.54, 1.807) is 18.5 Å². The third-order valence-corrected chi connectivity index (χ3v) is 5.94. The largest absolute Gasteiger partial charge is 0.454 e. The number of amides is 4. The molecule has 4 amide bonds. The van der Waals surface area contributed by atoms with Gasteiger partial charge in [0.2, 0.25) is 0 Å². The lowest BCUT2D eigenvalue weighted by Gasteiger charge is -2.18. The van der Waals surface area contributed by atoms with Crippen molar-refractivity contribution in [2.75, 3.05) is 46.1 Å². The number of nitrogens with zero attached hydrogens (tertiary/aromatic N) is 2. The van der Waals surface area contributed by atoms with Gasteiger partial charge in [-0.2, -0.15) is 0 Å². The molecule has 0 saturated carbocycles. The van der Waals surface area contributed by atoms with Crippen molar-refractivity contribution in [3.8, 4) is 0 Å². The van der Waals surface area contributed by atoms with E-state index in [2.05, 4.69) is 35.7 Å². The van der Waals surface area contributed by atoms with Crippen LogP contribution in [0.4, 0.5) is 0 Å². The molecule has 1 saturated heterocycles. The van der Waals surface area contributed by atoms with Crippen molar-refractivity contribution in [1.82, 2.24) is 30.8 Å². The number of nitrogens with one attached hydrogen (secondary N) is 4. The molecular formula is C28H32N6O12. The molecule has 3 rings (SSSR count). The van der Waals surface area contributed by atoms with Gasteiger partial charge in [-0.25, -0.2) is 9.78 Å². The van der Waals surface area contributed by atoms with Crippen LogP contribution in [0.2, 0.25) is 0 Å². The molecule has 4 N–H and O–H groups in total. The summed E-state index contributed by atoms with van der Waals surface area (Å²) in [6.45, 7) is -2.78. The maximum Gasteiger partial charge on any atom is 0.329 e. The number of esters is 4. The van der Waals surface area contributed by atoms with E-state index in [1.165, 1.54) is 0 Å². The number of cyclic esters (lactones) is 4. The van der Waals surface area contributed by atoms with Crippen molar-refractivity contribution in [2.24, 2.45) is 0 Å². The van der Waals surface area contributed by atoms with E-state index in [9.17, 15) is 38.4 Å². The molecule has 1 aromatic carbocycles. The minimum absolute atomic E-state index is 0.0617. The van der Waals surface area contributed by atoms with Crippen LogP contribution in [-0.2, 0) is 70.3 Å². The molecule has 2 heterocycles. The van der Waals surface area contributed by atoms with E-state index in [0.29, 0.717) is 12.1 Å². The zero-order valence-corrected chi connectivity index (χ0v) is 24.7. The lowest BCUT2D eigenvalue weighted by molar-refractivity contribution is -0.154. The Morgan fingerprint density at radius 2 is 1.13 bits per heavy atom. The number of imidazole rings is 1. The number of carbonyl (C=O) groups is 8. The maximum absolute atomic E-state index is 12.9. The van der Waals surface area contributed by atoms with E-state index < -0.39 is 99.6 Å². The number of aryl methyl sites for hydroxylation is 1. The van der Waals surface area contributed by atoms with Crippen molar-refractivity contribution < 1.29 is 57.3 Å². The molecule has 46 heavy (non-hydrogen) atoms. The van der Waals surface area contributed by atoms with Crippen molar-refractivity contribution in [3.63, 3.8) is 0 Å². The highest BCUT2D eigenvalue weighted by Crippen LogP contribution is 2.10. The normalized spacial score (nSPS) is 18.8.